The van der Waals surface area contributed by atoms with E-state index < -0.39 is 11.5 Å². The van der Waals surface area contributed by atoms with Crippen LogP contribution in [0.25, 0.3) is 0 Å². The van der Waals surface area contributed by atoms with Crippen molar-refractivity contribution in [3.63, 3.8) is 0 Å². The van der Waals surface area contributed by atoms with Crippen molar-refractivity contribution in [2.75, 3.05) is 13.2 Å². The van der Waals surface area contributed by atoms with Gasteiger partial charge < -0.3 is 9.84 Å². The first kappa shape index (κ1) is 12.1. The largest absolute Gasteiger partial charge is 0.387 e. The lowest BCUT2D eigenvalue weighted by Crippen LogP contribution is -2.28. The van der Waals surface area contributed by atoms with Gasteiger partial charge in [0.2, 0.25) is 0 Å². The van der Waals surface area contributed by atoms with E-state index in [0.717, 1.165) is 16.7 Å². The van der Waals surface area contributed by atoms with E-state index in [2.05, 4.69) is 6.07 Å². The summed E-state index contributed by atoms with van der Waals surface area (Å²) in [6.45, 7) is 4.86. The second-order valence-corrected chi connectivity index (χ2v) is 4.76. The number of nitrogens with zero attached hydrogens (tertiary/aromatic N) is 1. The Balaban J connectivity index is 2.40. The van der Waals surface area contributed by atoms with Gasteiger partial charge in [0.1, 0.15) is 11.5 Å². The summed E-state index contributed by atoms with van der Waals surface area (Å²) in [5.74, 6) is 0. The first-order valence-corrected chi connectivity index (χ1v) is 5.84. The minimum atomic E-state index is -0.779. The number of benzene rings is 1. The zero-order valence-electron chi connectivity index (χ0n) is 10.2. The fourth-order valence-electron chi connectivity index (χ4n) is 2.31. The molecule has 0 saturated carbocycles. The molecule has 0 amide bonds. The van der Waals surface area contributed by atoms with E-state index in [1.807, 2.05) is 32.0 Å². The zero-order valence-corrected chi connectivity index (χ0v) is 10.2. The van der Waals surface area contributed by atoms with Crippen molar-refractivity contribution in [1.29, 1.82) is 5.26 Å². The van der Waals surface area contributed by atoms with Gasteiger partial charge in [-0.2, -0.15) is 5.26 Å². The van der Waals surface area contributed by atoms with Crippen molar-refractivity contribution in [2.45, 2.75) is 26.4 Å². The molecule has 3 nitrogen and oxygen atoms in total. The quantitative estimate of drug-likeness (QED) is 0.849. The fraction of sp³-hybridized carbons (Fsp3) is 0.500. The maximum absolute atomic E-state index is 10.5. The second kappa shape index (κ2) is 4.48. The molecule has 1 fully saturated rings. The summed E-state index contributed by atoms with van der Waals surface area (Å²) in [5.41, 5.74) is 2.26. The summed E-state index contributed by atoms with van der Waals surface area (Å²) in [6, 6.07) is 8.07. The number of nitriles is 1. The third-order valence-corrected chi connectivity index (χ3v) is 3.74. The molecule has 1 aliphatic heterocycles. The molecule has 1 aliphatic rings. The molecule has 17 heavy (non-hydrogen) atoms. The number of ether oxygens (including phenoxy) is 1. The highest BCUT2D eigenvalue weighted by Gasteiger charge is 2.43. The monoisotopic (exact) mass is 231 g/mol. The van der Waals surface area contributed by atoms with Crippen LogP contribution in [0.3, 0.4) is 0 Å². The Labute approximate surface area is 102 Å². The van der Waals surface area contributed by atoms with Crippen LogP contribution in [0.5, 0.6) is 0 Å². The molecule has 90 valence electrons. The van der Waals surface area contributed by atoms with Gasteiger partial charge in [0.05, 0.1) is 12.7 Å². The SMILES string of the molecule is Cc1cccc(C(O)C2(C#N)CCOC2)c1C. The van der Waals surface area contributed by atoms with Gasteiger partial charge in [0.25, 0.3) is 0 Å². The number of rotatable bonds is 2. The smallest absolute Gasteiger partial charge is 0.113 e. The molecule has 0 radical (unpaired) electrons. The van der Waals surface area contributed by atoms with Crippen LogP contribution in [0.4, 0.5) is 0 Å². The fourth-order valence-corrected chi connectivity index (χ4v) is 2.31. The van der Waals surface area contributed by atoms with Crippen LogP contribution in [0.15, 0.2) is 18.2 Å². The standard InChI is InChI=1S/C14H17NO2/c1-10-4-3-5-12(11(10)2)13(16)14(8-15)6-7-17-9-14/h3-5,13,16H,6-7,9H2,1-2H3. The molecular formula is C14H17NO2. The van der Waals surface area contributed by atoms with E-state index in [4.69, 9.17) is 4.74 Å². The van der Waals surface area contributed by atoms with Crippen LogP contribution in [-0.2, 0) is 4.74 Å². The van der Waals surface area contributed by atoms with Gasteiger partial charge in [-0.1, -0.05) is 18.2 Å². The molecule has 0 spiro atoms. The summed E-state index contributed by atoms with van der Waals surface area (Å²) < 4.78 is 5.28. The predicted octanol–water partition coefficient (Wildman–Crippen LogP) is 2.27. The molecule has 1 aromatic rings. The molecular weight excluding hydrogens is 214 g/mol. The van der Waals surface area contributed by atoms with E-state index >= 15 is 0 Å². The minimum absolute atomic E-state index is 0.318. The number of aliphatic hydroxyl groups is 1. The van der Waals surface area contributed by atoms with E-state index in [1.165, 1.54) is 0 Å². The van der Waals surface area contributed by atoms with Crippen molar-refractivity contribution < 1.29 is 9.84 Å². The molecule has 0 bridgehead atoms. The van der Waals surface area contributed by atoms with Crippen LogP contribution in [0.2, 0.25) is 0 Å². The van der Waals surface area contributed by atoms with Gasteiger partial charge >= 0.3 is 0 Å². The highest BCUT2D eigenvalue weighted by Crippen LogP contribution is 2.41. The van der Waals surface area contributed by atoms with Crippen molar-refractivity contribution in [1.82, 2.24) is 0 Å². The average Bonchev–Trinajstić information content (AvgIpc) is 2.82. The summed E-state index contributed by atoms with van der Waals surface area (Å²) in [4.78, 5) is 0. The topological polar surface area (TPSA) is 53.2 Å². The Hall–Kier alpha value is -1.37. The lowest BCUT2D eigenvalue weighted by Gasteiger charge is -2.27. The number of hydrogen-bond donors (Lipinski definition) is 1. The van der Waals surface area contributed by atoms with Gasteiger partial charge in [-0.05, 0) is 37.0 Å². The highest BCUT2D eigenvalue weighted by molar-refractivity contribution is 5.36. The van der Waals surface area contributed by atoms with Crippen molar-refractivity contribution in [2.24, 2.45) is 5.41 Å². The maximum Gasteiger partial charge on any atom is 0.113 e. The Morgan fingerprint density at radius 1 is 1.47 bits per heavy atom. The van der Waals surface area contributed by atoms with Gasteiger partial charge in [-0.15, -0.1) is 0 Å². The van der Waals surface area contributed by atoms with Crippen LogP contribution < -0.4 is 0 Å². The molecule has 1 saturated heterocycles. The van der Waals surface area contributed by atoms with Gasteiger partial charge in [-0.25, -0.2) is 0 Å². The third kappa shape index (κ3) is 1.95. The molecule has 1 heterocycles. The molecule has 3 heteroatoms. The van der Waals surface area contributed by atoms with E-state index in [-0.39, 0.29) is 0 Å². The Kier molecular flexibility index (Phi) is 3.19. The van der Waals surface area contributed by atoms with Crippen LogP contribution in [-0.4, -0.2) is 18.3 Å². The van der Waals surface area contributed by atoms with Crippen molar-refractivity contribution in [3.8, 4) is 6.07 Å². The van der Waals surface area contributed by atoms with Crippen molar-refractivity contribution in [3.05, 3.63) is 34.9 Å². The first-order valence-electron chi connectivity index (χ1n) is 5.84. The lowest BCUT2D eigenvalue weighted by atomic mass is 9.78. The second-order valence-electron chi connectivity index (χ2n) is 4.76. The number of aryl methyl sites for hydroxylation is 1. The Morgan fingerprint density at radius 2 is 2.24 bits per heavy atom. The summed E-state index contributed by atoms with van der Waals surface area (Å²) in [6.07, 6.45) is -0.173. The van der Waals surface area contributed by atoms with E-state index in [9.17, 15) is 10.4 Å². The Bertz CT molecular complexity index is 456. The molecule has 2 atom stereocenters. The molecule has 1 aromatic carbocycles. The summed E-state index contributed by atoms with van der Waals surface area (Å²) >= 11 is 0. The minimum Gasteiger partial charge on any atom is -0.387 e. The summed E-state index contributed by atoms with van der Waals surface area (Å²) in [5, 5.41) is 19.8. The molecule has 2 unspecified atom stereocenters. The first-order chi connectivity index (χ1) is 8.10. The number of aliphatic hydroxyl groups excluding tert-OH is 1. The van der Waals surface area contributed by atoms with Gasteiger partial charge in [0.15, 0.2) is 0 Å². The average molecular weight is 231 g/mol. The molecule has 0 aliphatic carbocycles. The van der Waals surface area contributed by atoms with Gasteiger partial charge in [0, 0.05) is 6.61 Å². The Morgan fingerprint density at radius 3 is 2.82 bits per heavy atom. The predicted molar refractivity (Wildman–Crippen MR) is 64.4 cm³/mol. The van der Waals surface area contributed by atoms with E-state index in [0.29, 0.717) is 19.6 Å². The molecule has 1 N–H and O–H groups in total. The maximum atomic E-state index is 10.5. The van der Waals surface area contributed by atoms with Crippen LogP contribution in [0, 0.1) is 30.6 Å². The molecule has 0 aromatic heterocycles. The van der Waals surface area contributed by atoms with Crippen LogP contribution in [0.1, 0.15) is 29.2 Å². The molecule has 2 rings (SSSR count). The lowest BCUT2D eigenvalue weighted by molar-refractivity contribution is 0.0499. The highest BCUT2D eigenvalue weighted by atomic mass is 16.5. The van der Waals surface area contributed by atoms with Gasteiger partial charge in [-0.3, -0.25) is 0 Å². The normalized spacial score (nSPS) is 25.5. The van der Waals surface area contributed by atoms with E-state index in [1.54, 1.807) is 0 Å². The van der Waals surface area contributed by atoms with Crippen LogP contribution >= 0.6 is 0 Å². The van der Waals surface area contributed by atoms with Crippen molar-refractivity contribution >= 4 is 0 Å². The number of hydrogen-bond acceptors (Lipinski definition) is 3. The third-order valence-electron chi connectivity index (χ3n) is 3.74. The summed E-state index contributed by atoms with van der Waals surface area (Å²) in [7, 11) is 0. The zero-order chi connectivity index (χ0) is 12.5.